The lowest BCUT2D eigenvalue weighted by Crippen LogP contribution is -2.49. The van der Waals surface area contributed by atoms with Crippen LogP contribution in [0, 0.1) is 40.4 Å². The van der Waals surface area contributed by atoms with Crippen molar-refractivity contribution in [2.24, 2.45) is 29.1 Å². The van der Waals surface area contributed by atoms with Crippen LogP contribution < -0.4 is 0 Å². The van der Waals surface area contributed by atoms with Crippen LogP contribution in [-0.2, 0) is 0 Å². The summed E-state index contributed by atoms with van der Waals surface area (Å²) in [4.78, 5) is 0. The van der Waals surface area contributed by atoms with Crippen molar-refractivity contribution in [2.75, 3.05) is 0 Å². The molecule has 4 rings (SSSR count). The van der Waals surface area contributed by atoms with E-state index in [1.807, 2.05) is 0 Å². The molecule has 4 aliphatic carbocycles. The van der Waals surface area contributed by atoms with Crippen molar-refractivity contribution in [3.8, 4) is 6.07 Å². The van der Waals surface area contributed by atoms with Gasteiger partial charge >= 0.3 is 0 Å². The van der Waals surface area contributed by atoms with Gasteiger partial charge in [-0.15, -0.1) is 0 Å². The van der Waals surface area contributed by atoms with Crippen molar-refractivity contribution >= 4 is 0 Å². The lowest BCUT2D eigenvalue weighted by atomic mass is 9.46. The summed E-state index contributed by atoms with van der Waals surface area (Å²) in [5.74, 6) is 3.32. The van der Waals surface area contributed by atoms with E-state index in [-0.39, 0.29) is 0 Å². The second-order valence-corrected chi connectivity index (χ2v) is 6.75. The van der Waals surface area contributed by atoms with Gasteiger partial charge in [-0.25, -0.2) is 0 Å². The molecule has 16 heavy (non-hydrogen) atoms. The highest BCUT2D eigenvalue weighted by Gasteiger charge is 2.53. The maximum absolute atomic E-state index is 9.47. The Morgan fingerprint density at radius 1 is 1.12 bits per heavy atom. The van der Waals surface area contributed by atoms with Crippen LogP contribution in [0.25, 0.3) is 0 Å². The molecule has 0 aromatic heterocycles. The summed E-state index contributed by atoms with van der Waals surface area (Å²) in [6.45, 7) is 2.23. The third-order valence-corrected chi connectivity index (χ3v) is 5.56. The van der Waals surface area contributed by atoms with Crippen molar-refractivity contribution in [1.29, 1.82) is 5.26 Å². The molecule has 0 N–H and O–H groups in total. The molecule has 0 aliphatic heterocycles. The molecule has 0 heterocycles. The Bertz CT molecular complexity index is 277. The average Bonchev–Trinajstić information content (AvgIpc) is 2.23. The van der Waals surface area contributed by atoms with Gasteiger partial charge in [0.25, 0.3) is 0 Å². The van der Waals surface area contributed by atoms with E-state index in [1.165, 1.54) is 44.9 Å². The van der Waals surface area contributed by atoms with E-state index in [4.69, 9.17) is 0 Å². The number of rotatable bonds is 3. The molecule has 4 fully saturated rings. The molecule has 4 aliphatic rings. The van der Waals surface area contributed by atoms with E-state index < -0.39 is 0 Å². The quantitative estimate of drug-likeness (QED) is 0.697. The first-order chi connectivity index (χ1) is 7.75. The Kier molecular flexibility index (Phi) is 2.50. The van der Waals surface area contributed by atoms with E-state index >= 15 is 0 Å². The fraction of sp³-hybridized carbons (Fsp3) is 0.933. The first kappa shape index (κ1) is 10.6. The average molecular weight is 217 g/mol. The van der Waals surface area contributed by atoms with Crippen LogP contribution in [0.5, 0.6) is 0 Å². The largest absolute Gasteiger partial charge is 0.198 e. The van der Waals surface area contributed by atoms with E-state index in [0.29, 0.717) is 11.3 Å². The highest BCUT2D eigenvalue weighted by molar-refractivity contribution is 5.08. The Morgan fingerprint density at radius 3 is 2.00 bits per heavy atom. The van der Waals surface area contributed by atoms with Gasteiger partial charge in [-0.1, -0.05) is 13.3 Å². The minimum atomic E-state index is 0.367. The molecule has 4 saturated carbocycles. The highest BCUT2D eigenvalue weighted by Crippen LogP contribution is 2.63. The van der Waals surface area contributed by atoms with Crippen molar-refractivity contribution in [2.45, 2.75) is 58.3 Å². The first-order valence-electron chi connectivity index (χ1n) is 7.15. The second-order valence-electron chi connectivity index (χ2n) is 6.75. The normalized spacial score (nSPS) is 46.6. The molecular formula is C15H23N. The van der Waals surface area contributed by atoms with Crippen molar-refractivity contribution in [3.63, 3.8) is 0 Å². The number of nitrogens with zero attached hydrogens (tertiary/aromatic N) is 1. The van der Waals surface area contributed by atoms with Gasteiger partial charge in [-0.3, -0.25) is 0 Å². The van der Waals surface area contributed by atoms with E-state index in [2.05, 4.69) is 13.0 Å². The minimum absolute atomic E-state index is 0.367. The van der Waals surface area contributed by atoms with Gasteiger partial charge in [0, 0.05) is 0 Å². The number of hydrogen-bond acceptors (Lipinski definition) is 1. The lowest BCUT2D eigenvalue weighted by molar-refractivity contribution is -0.0762. The SMILES string of the molecule is CCC[C@H](C#N)C12CC3CC(CC(C3)C1)C2. The molecule has 1 heteroatoms. The van der Waals surface area contributed by atoms with Crippen LogP contribution in [-0.4, -0.2) is 0 Å². The number of hydrogen-bond donors (Lipinski definition) is 0. The minimum Gasteiger partial charge on any atom is -0.198 e. The molecule has 1 atom stereocenters. The molecule has 0 spiro atoms. The van der Waals surface area contributed by atoms with Gasteiger partial charge in [0.2, 0.25) is 0 Å². The molecule has 0 amide bonds. The predicted molar refractivity (Wildman–Crippen MR) is 64.6 cm³/mol. The zero-order valence-corrected chi connectivity index (χ0v) is 10.4. The van der Waals surface area contributed by atoms with Crippen LogP contribution in [0.3, 0.4) is 0 Å². The van der Waals surface area contributed by atoms with Gasteiger partial charge < -0.3 is 0 Å². The first-order valence-corrected chi connectivity index (χ1v) is 7.15. The maximum atomic E-state index is 9.47. The summed E-state index contributed by atoms with van der Waals surface area (Å²) < 4.78 is 0. The standard InChI is InChI=1S/C15H23N/c1-2-3-14(10-16)15-7-11-4-12(8-15)6-13(5-11)9-15/h11-14H,2-9H2,1H3/t11?,12?,13?,14-,15?/m1/s1. The smallest absolute Gasteiger partial charge is 0.0661 e. The third-order valence-electron chi connectivity index (χ3n) is 5.56. The van der Waals surface area contributed by atoms with Crippen molar-refractivity contribution in [1.82, 2.24) is 0 Å². The Hall–Kier alpha value is -0.510. The summed E-state index contributed by atoms with van der Waals surface area (Å²) in [6, 6.07) is 2.66. The monoisotopic (exact) mass is 217 g/mol. The molecule has 0 aromatic carbocycles. The fourth-order valence-electron chi connectivity index (χ4n) is 5.40. The second kappa shape index (κ2) is 3.76. The third kappa shape index (κ3) is 1.50. The summed E-state index contributed by atoms with van der Waals surface area (Å²) in [6.07, 6.45) is 10.9. The molecule has 0 radical (unpaired) electrons. The van der Waals surface area contributed by atoms with Crippen molar-refractivity contribution in [3.05, 3.63) is 0 Å². The molecule has 88 valence electrons. The summed E-state index contributed by atoms with van der Waals surface area (Å²) in [7, 11) is 0. The zero-order chi connectivity index (χ0) is 11.2. The van der Waals surface area contributed by atoms with Crippen LogP contribution >= 0.6 is 0 Å². The summed E-state index contributed by atoms with van der Waals surface area (Å²) >= 11 is 0. The highest BCUT2D eigenvalue weighted by atomic mass is 14.6. The van der Waals surface area contributed by atoms with Gasteiger partial charge in [0.1, 0.15) is 0 Å². The van der Waals surface area contributed by atoms with E-state index in [0.717, 1.165) is 24.2 Å². The number of nitriles is 1. The van der Waals surface area contributed by atoms with Crippen LogP contribution in [0.1, 0.15) is 58.3 Å². The van der Waals surface area contributed by atoms with Crippen LogP contribution in [0.15, 0.2) is 0 Å². The maximum Gasteiger partial charge on any atom is 0.0661 e. The molecule has 1 nitrogen and oxygen atoms in total. The topological polar surface area (TPSA) is 23.8 Å². The Labute approximate surface area is 99.2 Å². The summed E-state index contributed by atoms with van der Waals surface area (Å²) in [5.41, 5.74) is 0.458. The van der Waals surface area contributed by atoms with Gasteiger partial charge in [0.05, 0.1) is 12.0 Å². The Morgan fingerprint density at radius 2 is 1.62 bits per heavy atom. The fourth-order valence-corrected chi connectivity index (χ4v) is 5.40. The van der Waals surface area contributed by atoms with Gasteiger partial charge in [-0.05, 0) is 68.1 Å². The molecule has 4 bridgehead atoms. The van der Waals surface area contributed by atoms with Gasteiger partial charge in [-0.2, -0.15) is 5.26 Å². The van der Waals surface area contributed by atoms with E-state index in [1.54, 1.807) is 0 Å². The molecule has 0 saturated heterocycles. The summed E-state index contributed by atoms with van der Waals surface area (Å²) in [5, 5.41) is 9.47. The van der Waals surface area contributed by atoms with Crippen LogP contribution in [0.4, 0.5) is 0 Å². The van der Waals surface area contributed by atoms with Crippen LogP contribution in [0.2, 0.25) is 0 Å². The molecule has 0 unspecified atom stereocenters. The molecule has 0 aromatic rings. The van der Waals surface area contributed by atoms with Crippen molar-refractivity contribution < 1.29 is 0 Å². The lowest BCUT2D eigenvalue weighted by Gasteiger charge is -2.58. The van der Waals surface area contributed by atoms with E-state index in [9.17, 15) is 5.26 Å². The zero-order valence-electron chi connectivity index (χ0n) is 10.4. The molecular weight excluding hydrogens is 194 g/mol. The predicted octanol–water partition coefficient (Wildman–Crippen LogP) is 4.14. The Balaban J connectivity index is 1.85. The van der Waals surface area contributed by atoms with Gasteiger partial charge in [0.15, 0.2) is 0 Å².